The van der Waals surface area contributed by atoms with Crippen LogP contribution in [0.25, 0.3) is 5.65 Å². The van der Waals surface area contributed by atoms with Crippen LogP contribution in [0, 0.1) is 19.8 Å². The topological polar surface area (TPSA) is 43.1 Å². The van der Waals surface area contributed by atoms with Crippen LogP contribution >= 0.6 is 11.6 Å². The van der Waals surface area contributed by atoms with E-state index in [4.69, 9.17) is 11.6 Å². The van der Waals surface area contributed by atoms with Crippen molar-refractivity contribution >= 4 is 17.2 Å². The fraction of sp³-hybridized carbons (Fsp3) is 0.643. The first-order valence-corrected chi connectivity index (χ1v) is 7.41. The van der Waals surface area contributed by atoms with Crippen LogP contribution in [-0.4, -0.2) is 19.6 Å². The van der Waals surface area contributed by atoms with Crippen molar-refractivity contribution in [2.45, 2.75) is 52.4 Å². The zero-order valence-electron chi connectivity index (χ0n) is 11.5. The summed E-state index contributed by atoms with van der Waals surface area (Å²) in [6.45, 7) is 4.02. The van der Waals surface area contributed by atoms with Gasteiger partial charge in [-0.2, -0.15) is 0 Å². The lowest BCUT2D eigenvalue weighted by Gasteiger charge is -2.09. The average molecular weight is 279 g/mol. The first kappa shape index (κ1) is 12.9. The monoisotopic (exact) mass is 278 g/mol. The Labute approximate surface area is 118 Å². The number of hydrogen-bond donors (Lipinski definition) is 0. The second kappa shape index (κ2) is 5.08. The van der Waals surface area contributed by atoms with Crippen molar-refractivity contribution < 1.29 is 0 Å². The van der Waals surface area contributed by atoms with Crippen molar-refractivity contribution in [2.24, 2.45) is 5.92 Å². The van der Waals surface area contributed by atoms with Crippen LogP contribution in [-0.2, 0) is 6.42 Å². The first-order valence-electron chi connectivity index (χ1n) is 7.03. The zero-order chi connectivity index (χ0) is 13.4. The van der Waals surface area contributed by atoms with Gasteiger partial charge in [0.1, 0.15) is 5.82 Å². The van der Waals surface area contributed by atoms with Crippen molar-refractivity contribution in [3.8, 4) is 0 Å². The molecule has 102 valence electrons. The summed E-state index contributed by atoms with van der Waals surface area (Å²) in [7, 11) is 0. The van der Waals surface area contributed by atoms with Crippen LogP contribution in [0.5, 0.6) is 0 Å². The number of aromatic nitrogens is 4. The molecular weight excluding hydrogens is 260 g/mol. The van der Waals surface area contributed by atoms with E-state index >= 15 is 0 Å². The van der Waals surface area contributed by atoms with Crippen LogP contribution in [0.1, 0.15) is 49.3 Å². The van der Waals surface area contributed by atoms with Gasteiger partial charge < -0.3 is 0 Å². The molecule has 0 amide bonds. The van der Waals surface area contributed by atoms with Crippen LogP contribution < -0.4 is 0 Å². The highest BCUT2D eigenvalue weighted by Gasteiger charge is 2.18. The number of aryl methyl sites for hydroxylation is 3. The van der Waals surface area contributed by atoms with E-state index in [1.165, 1.54) is 32.1 Å². The Kier molecular flexibility index (Phi) is 3.44. The molecular formula is C14H19ClN4. The Morgan fingerprint density at radius 1 is 1.21 bits per heavy atom. The molecule has 19 heavy (non-hydrogen) atoms. The highest BCUT2D eigenvalue weighted by molar-refractivity contribution is 6.32. The standard InChI is InChI=1S/C14H19ClN4/c1-9-10(2)19-12(8-7-11-5-3-4-6-11)17-18-14(19)13(15)16-9/h11H,3-8H2,1-2H3. The Hall–Kier alpha value is -1.16. The molecule has 0 spiro atoms. The molecule has 1 saturated carbocycles. The normalized spacial score (nSPS) is 16.6. The van der Waals surface area contributed by atoms with Gasteiger partial charge in [-0.25, -0.2) is 4.98 Å². The summed E-state index contributed by atoms with van der Waals surface area (Å²) >= 11 is 6.14. The third-order valence-corrected chi connectivity index (χ3v) is 4.54. The maximum atomic E-state index is 6.14. The minimum Gasteiger partial charge on any atom is -0.279 e. The van der Waals surface area contributed by atoms with Crippen molar-refractivity contribution in [1.29, 1.82) is 0 Å². The van der Waals surface area contributed by atoms with E-state index < -0.39 is 0 Å². The molecule has 0 aromatic carbocycles. The zero-order valence-corrected chi connectivity index (χ0v) is 12.2. The van der Waals surface area contributed by atoms with Gasteiger partial charge in [-0.05, 0) is 26.2 Å². The van der Waals surface area contributed by atoms with Gasteiger partial charge in [-0.3, -0.25) is 4.40 Å². The lowest BCUT2D eigenvalue weighted by molar-refractivity contribution is 0.495. The van der Waals surface area contributed by atoms with Gasteiger partial charge in [0.05, 0.1) is 5.69 Å². The second-order valence-electron chi connectivity index (χ2n) is 5.54. The molecule has 1 aliphatic carbocycles. The molecule has 5 heteroatoms. The molecule has 4 nitrogen and oxygen atoms in total. The molecule has 0 radical (unpaired) electrons. The van der Waals surface area contributed by atoms with E-state index in [-0.39, 0.29) is 0 Å². The Morgan fingerprint density at radius 3 is 2.68 bits per heavy atom. The molecule has 0 bridgehead atoms. The first-order chi connectivity index (χ1) is 9.16. The maximum Gasteiger partial charge on any atom is 0.198 e. The van der Waals surface area contributed by atoms with E-state index in [0.717, 1.165) is 29.6 Å². The maximum absolute atomic E-state index is 6.14. The molecule has 2 aromatic rings. The van der Waals surface area contributed by atoms with Crippen molar-refractivity contribution in [2.75, 3.05) is 0 Å². The van der Waals surface area contributed by atoms with Crippen molar-refractivity contribution in [3.63, 3.8) is 0 Å². The van der Waals surface area contributed by atoms with Gasteiger partial charge in [0.25, 0.3) is 0 Å². The molecule has 0 unspecified atom stereocenters. The Bertz CT molecular complexity index is 599. The van der Waals surface area contributed by atoms with E-state index in [1.54, 1.807) is 0 Å². The van der Waals surface area contributed by atoms with E-state index in [2.05, 4.69) is 19.6 Å². The number of fused-ring (bicyclic) bond motifs is 1. The average Bonchev–Trinajstić information content (AvgIpc) is 3.03. The van der Waals surface area contributed by atoms with Crippen LogP contribution in [0.4, 0.5) is 0 Å². The molecule has 0 saturated heterocycles. The Morgan fingerprint density at radius 2 is 1.95 bits per heavy atom. The number of halogens is 1. The minimum atomic E-state index is 0.447. The molecule has 0 atom stereocenters. The van der Waals surface area contributed by atoms with Gasteiger partial charge in [-0.1, -0.05) is 37.3 Å². The molecule has 3 rings (SSSR count). The van der Waals surface area contributed by atoms with Crippen LogP contribution in [0.15, 0.2) is 0 Å². The van der Waals surface area contributed by atoms with Crippen LogP contribution in [0.2, 0.25) is 5.15 Å². The smallest absolute Gasteiger partial charge is 0.198 e. The summed E-state index contributed by atoms with van der Waals surface area (Å²) in [5.41, 5.74) is 2.72. The summed E-state index contributed by atoms with van der Waals surface area (Å²) in [4.78, 5) is 4.29. The predicted molar refractivity (Wildman–Crippen MR) is 75.5 cm³/mol. The summed E-state index contributed by atoms with van der Waals surface area (Å²) in [6.07, 6.45) is 7.71. The summed E-state index contributed by atoms with van der Waals surface area (Å²) in [5, 5.41) is 8.94. The Balaban J connectivity index is 1.91. The highest BCUT2D eigenvalue weighted by atomic mass is 35.5. The SMILES string of the molecule is Cc1nc(Cl)c2nnc(CCC3CCCC3)n2c1C. The summed E-state index contributed by atoms with van der Waals surface area (Å²) in [5.74, 6) is 1.89. The minimum absolute atomic E-state index is 0.447. The lowest BCUT2D eigenvalue weighted by Crippen LogP contribution is -2.05. The quantitative estimate of drug-likeness (QED) is 0.863. The van der Waals surface area contributed by atoms with Gasteiger partial charge in [0.15, 0.2) is 10.8 Å². The number of nitrogens with zero attached hydrogens (tertiary/aromatic N) is 4. The molecule has 1 fully saturated rings. The number of rotatable bonds is 3. The lowest BCUT2D eigenvalue weighted by atomic mass is 10.0. The fourth-order valence-corrected chi connectivity index (χ4v) is 3.29. The summed E-state index contributed by atoms with van der Waals surface area (Å²) in [6, 6.07) is 0. The van der Waals surface area contributed by atoms with Gasteiger partial charge in [0, 0.05) is 12.1 Å². The molecule has 0 N–H and O–H groups in total. The summed E-state index contributed by atoms with van der Waals surface area (Å²) < 4.78 is 2.07. The molecule has 2 heterocycles. The van der Waals surface area contributed by atoms with E-state index in [9.17, 15) is 0 Å². The van der Waals surface area contributed by atoms with Crippen molar-refractivity contribution in [3.05, 3.63) is 22.4 Å². The largest absolute Gasteiger partial charge is 0.279 e. The molecule has 1 aliphatic rings. The highest BCUT2D eigenvalue weighted by Crippen LogP contribution is 2.29. The number of hydrogen-bond acceptors (Lipinski definition) is 3. The van der Waals surface area contributed by atoms with Crippen LogP contribution in [0.3, 0.4) is 0 Å². The van der Waals surface area contributed by atoms with E-state index in [0.29, 0.717) is 10.8 Å². The third-order valence-electron chi connectivity index (χ3n) is 4.29. The second-order valence-corrected chi connectivity index (χ2v) is 5.90. The predicted octanol–water partition coefficient (Wildman–Crippen LogP) is 3.52. The molecule has 2 aromatic heterocycles. The van der Waals surface area contributed by atoms with E-state index in [1.807, 2.05) is 13.8 Å². The van der Waals surface area contributed by atoms with Gasteiger partial charge in [-0.15, -0.1) is 10.2 Å². The third kappa shape index (κ3) is 2.34. The molecule has 0 aliphatic heterocycles. The van der Waals surface area contributed by atoms with Crippen molar-refractivity contribution in [1.82, 2.24) is 19.6 Å². The fourth-order valence-electron chi connectivity index (χ4n) is 3.04. The van der Waals surface area contributed by atoms with Gasteiger partial charge >= 0.3 is 0 Å². The van der Waals surface area contributed by atoms with Gasteiger partial charge in [0.2, 0.25) is 0 Å².